The van der Waals surface area contributed by atoms with E-state index in [1.807, 2.05) is 18.2 Å². The highest BCUT2D eigenvalue weighted by Crippen LogP contribution is 2.31. The van der Waals surface area contributed by atoms with E-state index >= 15 is 0 Å². The van der Waals surface area contributed by atoms with Crippen LogP contribution in [0.25, 0.3) is 0 Å². The summed E-state index contributed by atoms with van der Waals surface area (Å²) in [7, 11) is 0. The molecular formula is C22H27N3O3S. The molecule has 1 fully saturated rings. The number of amides is 1. The molecule has 1 amide bonds. The van der Waals surface area contributed by atoms with Gasteiger partial charge >= 0.3 is 0 Å². The highest BCUT2D eigenvalue weighted by molar-refractivity contribution is 7.99. The lowest BCUT2D eigenvalue weighted by Gasteiger charge is -2.36. The smallest absolute Gasteiger partial charge is 0.283 e. The lowest BCUT2D eigenvalue weighted by molar-refractivity contribution is -0.387. The first kappa shape index (κ1) is 21.2. The van der Waals surface area contributed by atoms with Crippen molar-refractivity contribution in [2.75, 3.05) is 36.8 Å². The van der Waals surface area contributed by atoms with E-state index in [0.29, 0.717) is 29.5 Å². The first-order valence-electron chi connectivity index (χ1n) is 9.96. The van der Waals surface area contributed by atoms with E-state index in [1.54, 1.807) is 17.0 Å². The lowest BCUT2D eigenvalue weighted by atomic mass is 10.1. The van der Waals surface area contributed by atoms with Crippen LogP contribution in [0.2, 0.25) is 0 Å². The summed E-state index contributed by atoms with van der Waals surface area (Å²) < 4.78 is 0. The van der Waals surface area contributed by atoms with Gasteiger partial charge in [0, 0.05) is 43.5 Å². The molecule has 154 valence electrons. The number of nitro groups is 1. The quantitative estimate of drug-likeness (QED) is 0.374. The Kier molecular flexibility index (Phi) is 7.14. The summed E-state index contributed by atoms with van der Waals surface area (Å²) in [5.41, 5.74) is 1.56. The van der Waals surface area contributed by atoms with Gasteiger partial charge in [0.05, 0.1) is 9.82 Å². The van der Waals surface area contributed by atoms with Crippen molar-refractivity contribution in [2.45, 2.75) is 25.2 Å². The van der Waals surface area contributed by atoms with Crippen LogP contribution < -0.4 is 4.90 Å². The van der Waals surface area contributed by atoms with Gasteiger partial charge in [0.15, 0.2) is 0 Å². The molecule has 2 aromatic rings. The number of hydrogen-bond donors (Lipinski definition) is 0. The molecule has 0 saturated carbocycles. The van der Waals surface area contributed by atoms with Crippen LogP contribution in [0.3, 0.4) is 0 Å². The summed E-state index contributed by atoms with van der Waals surface area (Å²) in [6, 6.07) is 15.0. The third-order valence-corrected chi connectivity index (χ3v) is 6.14. The fourth-order valence-electron chi connectivity index (χ4n) is 3.31. The molecule has 0 N–H and O–H groups in total. The Morgan fingerprint density at radius 2 is 1.79 bits per heavy atom. The maximum Gasteiger partial charge on any atom is 0.283 e. The van der Waals surface area contributed by atoms with E-state index in [1.165, 1.54) is 17.8 Å². The average molecular weight is 414 g/mol. The van der Waals surface area contributed by atoms with Crippen molar-refractivity contribution in [1.82, 2.24) is 4.90 Å². The van der Waals surface area contributed by atoms with Crippen LogP contribution in [0.1, 0.15) is 30.6 Å². The van der Waals surface area contributed by atoms with Crippen molar-refractivity contribution < 1.29 is 9.72 Å². The number of nitro benzene ring substituents is 1. The van der Waals surface area contributed by atoms with Crippen molar-refractivity contribution in [3.8, 4) is 0 Å². The molecule has 1 aliphatic rings. The Hall–Kier alpha value is -2.54. The minimum atomic E-state index is -0.387. The van der Waals surface area contributed by atoms with Crippen LogP contribution in [0.5, 0.6) is 0 Å². The minimum absolute atomic E-state index is 0.0209. The van der Waals surface area contributed by atoms with Crippen molar-refractivity contribution in [3.63, 3.8) is 0 Å². The molecule has 29 heavy (non-hydrogen) atoms. The monoisotopic (exact) mass is 413 g/mol. The fraction of sp³-hybridized carbons (Fsp3) is 0.409. The molecule has 0 bridgehead atoms. The Morgan fingerprint density at radius 1 is 1.10 bits per heavy atom. The number of thioether (sulfide) groups is 1. The number of benzene rings is 2. The maximum atomic E-state index is 12.9. The zero-order valence-corrected chi connectivity index (χ0v) is 17.7. The normalized spacial score (nSPS) is 14.3. The third-order valence-electron chi connectivity index (χ3n) is 5.04. The molecule has 0 unspecified atom stereocenters. The van der Waals surface area contributed by atoms with E-state index < -0.39 is 0 Å². The van der Waals surface area contributed by atoms with E-state index in [4.69, 9.17) is 0 Å². The van der Waals surface area contributed by atoms with Gasteiger partial charge in [-0.05, 0) is 42.4 Å². The largest absolute Gasteiger partial charge is 0.368 e. The molecular weight excluding hydrogens is 386 g/mol. The molecule has 7 heteroatoms. The second kappa shape index (κ2) is 9.78. The summed E-state index contributed by atoms with van der Waals surface area (Å²) >= 11 is 1.48. The molecule has 1 saturated heterocycles. The molecule has 0 aliphatic carbocycles. The number of nitrogens with zero attached hydrogens (tertiary/aromatic N) is 3. The van der Waals surface area contributed by atoms with Crippen molar-refractivity contribution >= 4 is 29.0 Å². The maximum absolute atomic E-state index is 12.9. The fourth-order valence-corrected chi connectivity index (χ4v) is 4.56. The number of para-hydroxylation sites is 1. The number of carbonyl (C=O) groups is 1. The molecule has 2 aromatic carbocycles. The number of anilines is 1. The number of hydrogen-bond acceptors (Lipinski definition) is 5. The van der Waals surface area contributed by atoms with Crippen molar-refractivity contribution in [1.29, 1.82) is 0 Å². The average Bonchev–Trinajstić information content (AvgIpc) is 2.74. The number of carbonyl (C=O) groups excluding carboxylic acids is 1. The van der Waals surface area contributed by atoms with E-state index in [9.17, 15) is 14.9 Å². The molecule has 6 nitrogen and oxygen atoms in total. The first-order chi connectivity index (χ1) is 14.0. The topological polar surface area (TPSA) is 66.7 Å². The number of piperazine rings is 1. The highest BCUT2D eigenvalue weighted by atomic mass is 32.2. The molecule has 0 radical (unpaired) electrons. The van der Waals surface area contributed by atoms with Crippen LogP contribution in [0.4, 0.5) is 11.4 Å². The SMILES string of the molecule is CC(C)CCSc1ccc(C(=O)N2CCN(c3ccccc3)CC2)cc1[N+](=O)[O-]. The van der Waals surface area contributed by atoms with Gasteiger partial charge in [-0.25, -0.2) is 0 Å². The minimum Gasteiger partial charge on any atom is -0.368 e. The second-order valence-electron chi connectivity index (χ2n) is 7.59. The Balaban J connectivity index is 1.66. The number of rotatable bonds is 7. The van der Waals surface area contributed by atoms with Crippen LogP contribution in [-0.4, -0.2) is 47.7 Å². The Morgan fingerprint density at radius 3 is 2.41 bits per heavy atom. The highest BCUT2D eigenvalue weighted by Gasteiger charge is 2.25. The third kappa shape index (κ3) is 5.50. The van der Waals surface area contributed by atoms with Gasteiger partial charge in [-0.2, -0.15) is 0 Å². The first-order valence-corrected chi connectivity index (χ1v) is 10.9. The lowest BCUT2D eigenvalue weighted by Crippen LogP contribution is -2.48. The Labute approximate surface area is 176 Å². The van der Waals surface area contributed by atoms with E-state index in [0.717, 1.165) is 31.0 Å². The van der Waals surface area contributed by atoms with Gasteiger partial charge in [0.1, 0.15) is 0 Å². The van der Waals surface area contributed by atoms with E-state index in [2.05, 4.69) is 30.9 Å². The Bertz CT molecular complexity index is 850. The van der Waals surface area contributed by atoms with Crippen LogP contribution in [-0.2, 0) is 0 Å². The summed E-state index contributed by atoms with van der Waals surface area (Å²) in [6.07, 6.45) is 0.994. The molecule has 3 rings (SSSR count). The molecule has 1 aliphatic heterocycles. The molecule has 0 aromatic heterocycles. The van der Waals surface area contributed by atoms with Gasteiger partial charge in [-0.15, -0.1) is 11.8 Å². The van der Waals surface area contributed by atoms with Crippen LogP contribution in [0, 0.1) is 16.0 Å². The van der Waals surface area contributed by atoms with Crippen molar-refractivity contribution in [3.05, 3.63) is 64.2 Å². The zero-order chi connectivity index (χ0) is 20.8. The van der Waals surface area contributed by atoms with Gasteiger partial charge in [0.25, 0.3) is 11.6 Å². The zero-order valence-electron chi connectivity index (χ0n) is 16.9. The molecule has 0 spiro atoms. The summed E-state index contributed by atoms with van der Waals surface area (Å²) in [5, 5.41) is 11.5. The van der Waals surface area contributed by atoms with Gasteiger partial charge < -0.3 is 9.80 Å². The predicted molar refractivity (Wildman–Crippen MR) is 118 cm³/mol. The predicted octanol–water partition coefficient (Wildman–Crippen LogP) is 4.70. The van der Waals surface area contributed by atoms with Gasteiger partial charge in [-0.3, -0.25) is 14.9 Å². The van der Waals surface area contributed by atoms with Gasteiger partial charge in [-0.1, -0.05) is 32.0 Å². The van der Waals surface area contributed by atoms with Crippen LogP contribution >= 0.6 is 11.8 Å². The summed E-state index contributed by atoms with van der Waals surface area (Å²) in [4.78, 5) is 28.7. The summed E-state index contributed by atoms with van der Waals surface area (Å²) in [5.74, 6) is 1.24. The van der Waals surface area contributed by atoms with Crippen LogP contribution in [0.15, 0.2) is 53.4 Å². The molecule has 0 atom stereocenters. The standard InChI is InChI=1S/C22H27N3O3S/c1-17(2)10-15-29-21-9-8-18(16-20(21)25(27)28)22(26)24-13-11-23(12-14-24)19-6-4-3-5-7-19/h3-9,16-17H,10-15H2,1-2H3. The van der Waals surface area contributed by atoms with E-state index in [-0.39, 0.29) is 16.5 Å². The van der Waals surface area contributed by atoms with Gasteiger partial charge in [0.2, 0.25) is 0 Å². The summed E-state index contributed by atoms with van der Waals surface area (Å²) in [6.45, 7) is 6.98. The molecule has 1 heterocycles. The van der Waals surface area contributed by atoms with Crippen molar-refractivity contribution in [2.24, 2.45) is 5.92 Å². The second-order valence-corrected chi connectivity index (χ2v) is 8.72.